The van der Waals surface area contributed by atoms with Crippen molar-refractivity contribution in [1.29, 1.82) is 0 Å². The number of hydrogen-bond donors (Lipinski definition) is 0. The van der Waals surface area contributed by atoms with Gasteiger partial charge in [-0.2, -0.15) is 0 Å². The van der Waals surface area contributed by atoms with Crippen LogP contribution < -0.4 is 10.6 Å². The van der Waals surface area contributed by atoms with E-state index in [1.807, 2.05) is 0 Å². The van der Waals surface area contributed by atoms with Gasteiger partial charge in [-0.3, -0.25) is 4.79 Å². The predicted molar refractivity (Wildman–Crippen MR) is 117 cm³/mol. The van der Waals surface area contributed by atoms with Crippen LogP contribution in [-0.2, 0) is 14.1 Å². The molecule has 0 amide bonds. The highest BCUT2D eigenvalue weighted by molar-refractivity contribution is 7.80. The molecule has 28 heavy (non-hydrogen) atoms. The fourth-order valence-corrected chi connectivity index (χ4v) is 8.12. The molecular weight excluding hydrogens is 414 g/mol. The lowest BCUT2D eigenvalue weighted by molar-refractivity contribution is -0.146. The van der Waals surface area contributed by atoms with E-state index in [2.05, 4.69) is 0 Å². The lowest BCUT2D eigenvalue weighted by Crippen LogP contribution is -2.45. The summed E-state index contributed by atoms with van der Waals surface area (Å²) in [5.41, 5.74) is 0. The van der Waals surface area contributed by atoms with Crippen molar-refractivity contribution < 1.29 is 14.1 Å². The zero-order valence-electron chi connectivity index (χ0n) is 16.0. The maximum absolute atomic E-state index is 15.0. The summed E-state index contributed by atoms with van der Waals surface area (Å²) in [5, 5.41) is 1.33. The molecular formula is C22H25Cl2O3P. The molecule has 6 heteroatoms. The van der Waals surface area contributed by atoms with Gasteiger partial charge in [0.25, 0.3) is 0 Å². The maximum atomic E-state index is 15.0. The molecule has 1 fully saturated rings. The Bertz CT molecular complexity index is 805. The van der Waals surface area contributed by atoms with Crippen molar-refractivity contribution in [2.75, 3.05) is 6.61 Å². The third kappa shape index (κ3) is 3.90. The largest absolute Gasteiger partial charge is 0.465 e. The molecule has 0 saturated heterocycles. The molecule has 0 spiro atoms. The zero-order chi connectivity index (χ0) is 20.2. The van der Waals surface area contributed by atoms with E-state index in [1.54, 1.807) is 55.5 Å². The van der Waals surface area contributed by atoms with Gasteiger partial charge in [0.05, 0.1) is 6.61 Å². The minimum absolute atomic E-state index is 0.266. The van der Waals surface area contributed by atoms with Crippen molar-refractivity contribution in [3.05, 3.63) is 58.6 Å². The molecule has 3 nitrogen and oxygen atoms in total. The fraction of sp³-hybridized carbons (Fsp3) is 0.409. The SMILES string of the molecule is CCOC(=O)C1(P(=O)(c2ccc(Cl)cc2)c2ccc(Cl)cc2)CCCCCC1. The van der Waals surface area contributed by atoms with Gasteiger partial charge in [-0.15, -0.1) is 0 Å². The lowest BCUT2D eigenvalue weighted by atomic mass is 9.99. The standard InChI is InChI=1S/C22H25Cl2O3P/c1-2-27-21(25)22(15-5-3-4-6-16-22)28(26,19-11-7-17(23)8-12-19)20-13-9-18(24)10-14-20/h7-14H,2-6,15-16H2,1H3. The van der Waals surface area contributed by atoms with Gasteiger partial charge in [0.2, 0.25) is 0 Å². The molecule has 3 rings (SSSR count). The normalized spacial score (nSPS) is 17.0. The van der Waals surface area contributed by atoms with Crippen LogP contribution in [-0.4, -0.2) is 17.7 Å². The second-order valence-electron chi connectivity index (χ2n) is 7.23. The maximum Gasteiger partial charge on any atom is 0.320 e. The molecule has 150 valence electrons. The topological polar surface area (TPSA) is 43.4 Å². The highest BCUT2D eigenvalue weighted by Gasteiger charge is 2.56. The summed E-state index contributed by atoms with van der Waals surface area (Å²) < 4.78 is 20.5. The Labute approximate surface area is 176 Å². The molecule has 0 radical (unpaired) electrons. The summed E-state index contributed by atoms with van der Waals surface area (Å²) in [6, 6.07) is 14.0. The van der Waals surface area contributed by atoms with Crippen molar-refractivity contribution >= 4 is 46.9 Å². The Kier molecular flexibility index (Phi) is 6.91. The van der Waals surface area contributed by atoms with Crippen LogP contribution >= 0.6 is 30.3 Å². The van der Waals surface area contributed by atoms with Crippen molar-refractivity contribution in [2.24, 2.45) is 0 Å². The molecule has 1 saturated carbocycles. The van der Waals surface area contributed by atoms with Gasteiger partial charge in [-0.1, -0.05) is 48.9 Å². The first-order valence-electron chi connectivity index (χ1n) is 9.74. The smallest absolute Gasteiger partial charge is 0.320 e. The Morgan fingerprint density at radius 2 is 1.32 bits per heavy atom. The number of ether oxygens (including phenoxy) is 1. The second-order valence-corrected chi connectivity index (χ2v) is 11.2. The number of benzene rings is 2. The third-order valence-corrected chi connectivity index (χ3v) is 9.96. The summed E-state index contributed by atoms with van der Waals surface area (Å²) >= 11 is 12.2. The summed E-state index contributed by atoms with van der Waals surface area (Å²) in [7, 11) is -3.38. The number of esters is 1. The minimum atomic E-state index is -3.38. The third-order valence-electron chi connectivity index (χ3n) is 5.57. The molecule has 0 aliphatic heterocycles. The Hall–Kier alpha value is -1.28. The summed E-state index contributed by atoms with van der Waals surface area (Å²) in [4.78, 5) is 13.4. The lowest BCUT2D eigenvalue weighted by Gasteiger charge is -2.38. The van der Waals surface area contributed by atoms with Crippen molar-refractivity contribution in [3.8, 4) is 0 Å². The monoisotopic (exact) mass is 438 g/mol. The van der Waals surface area contributed by atoms with E-state index >= 15 is 0 Å². The van der Waals surface area contributed by atoms with Gasteiger partial charge in [-0.25, -0.2) is 0 Å². The minimum Gasteiger partial charge on any atom is -0.465 e. The molecule has 0 N–H and O–H groups in total. The number of halogens is 2. The molecule has 0 heterocycles. The van der Waals surface area contributed by atoms with E-state index in [-0.39, 0.29) is 12.6 Å². The van der Waals surface area contributed by atoms with Gasteiger partial charge in [-0.05, 0) is 68.3 Å². The highest BCUT2D eigenvalue weighted by atomic mass is 35.5. The average Bonchev–Trinajstić information content (AvgIpc) is 2.96. The van der Waals surface area contributed by atoms with Gasteiger partial charge < -0.3 is 9.30 Å². The summed E-state index contributed by atoms with van der Waals surface area (Å²) in [5.74, 6) is -0.356. The van der Waals surface area contributed by atoms with Crippen LogP contribution in [0.5, 0.6) is 0 Å². The van der Waals surface area contributed by atoms with Crippen molar-refractivity contribution in [1.82, 2.24) is 0 Å². The Balaban J connectivity index is 2.28. The molecule has 0 atom stereocenters. The average molecular weight is 439 g/mol. The number of carbonyl (C=O) groups excluding carboxylic acids is 1. The van der Waals surface area contributed by atoms with Crippen LogP contribution in [0.1, 0.15) is 45.4 Å². The molecule has 0 bridgehead atoms. The van der Waals surface area contributed by atoms with Crippen LogP contribution in [0.15, 0.2) is 48.5 Å². The van der Waals surface area contributed by atoms with E-state index in [0.717, 1.165) is 25.7 Å². The van der Waals surface area contributed by atoms with Gasteiger partial charge in [0.15, 0.2) is 7.14 Å². The van der Waals surface area contributed by atoms with Crippen LogP contribution in [0.3, 0.4) is 0 Å². The second kappa shape index (κ2) is 9.03. The van der Waals surface area contributed by atoms with Gasteiger partial charge >= 0.3 is 5.97 Å². The number of rotatable bonds is 5. The van der Waals surface area contributed by atoms with E-state index in [1.165, 1.54) is 0 Å². The van der Waals surface area contributed by atoms with E-state index in [0.29, 0.717) is 33.5 Å². The molecule has 2 aromatic rings. The number of hydrogen-bond acceptors (Lipinski definition) is 3. The Morgan fingerprint density at radius 1 is 0.893 bits per heavy atom. The quantitative estimate of drug-likeness (QED) is 0.328. The van der Waals surface area contributed by atoms with E-state index in [4.69, 9.17) is 27.9 Å². The summed E-state index contributed by atoms with van der Waals surface area (Å²) in [6.45, 7) is 2.06. The van der Waals surface area contributed by atoms with Crippen molar-refractivity contribution in [3.63, 3.8) is 0 Å². The first-order valence-corrected chi connectivity index (χ1v) is 12.2. The van der Waals surface area contributed by atoms with Gasteiger partial charge in [0, 0.05) is 20.7 Å². The predicted octanol–water partition coefficient (Wildman–Crippen LogP) is 5.96. The molecule has 0 unspecified atom stereocenters. The molecule has 1 aliphatic carbocycles. The van der Waals surface area contributed by atoms with E-state index < -0.39 is 12.3 Å². The van der Waals surface area contributed by atoms with Crippen LogP contribution in [0.2, 0.25) is 10.0 Å². The molecule has 0 aromatic heterocycles. The van der Waals surface area contributed by atoms with E-state index in [9.17, 15) is 9.36 Å². The number of carbonyl (C=O) groups is 1. The van der Waals surface area contributed by atoms with Crippen molar-refractivity contribution in [2.45, 2.75) is 50.6 Å². The van der Waals surface area contributed by atoms with Crippen LogP contribution in [0.4, 0.5) is 0 Å². The van der Waals surface area contributed by atoms with Crippen LogP contribution in [0.25, 0.3) is 0 Å². The fourth-order valence-electron chi connectivity index (χ4n) is 4.17. The van der Waals surface area contributed by atoms with Gasteiger partial charge in [0.1, 0.15) is 5.16 Å². The first kappa shape index (κ1) is 21.4. The molecule has 2 aromatic carbocycles. The first-order chi connectivity index (χ1) is 13.4. The molecule has 1 aliphatic rings. The zero-order valence-corrected chi connectivity index (χ0v) is 18.4. The summed E-state index contributed by atoms with van der Waals surface area (Å²) in [6.07, 6.45) is 4.86. The Morgan fingerprint density at radius 3 is 1.71 bits per heavy atom. The highest BCUT2D eigenvalue weighted by Crippen LogP contribution is 2.62. The van der Waals surface area contributed by atoms with Crippen LogP contribution in [0, 0.1) is 0 Å².